The van der Waals surface area contributed by atoms with E-state index in [9.17, 15) is 0 Å². The molecule has 0 amide bonds. The molecule has 0 saturated carbocycles. The summed E-state index contributed by atoms with van der Waals surface area (Å²) in [5, 5.41) is 0. The molecule has 2 heterocycles. The predicted molar refractivity (Wildman–Crippen MR) is 172 cm³/mol. The fourth-order valence-electron chi connectivity index (χ4n) is 4.80. The Bertz CT molecular complexity index is 1720. The van der Waals surface area contributed by atoms with Crippen molar-refractivity contribution in [3.05, 3.63) is 155 Å². The second-order valence-electron chi connectivity index (χ2n) is 10.5. The zero-order valence-electron chi connectivity index (χ0n) is 24.7. The van der Waals surface area contributed by atoms with Crippen LogP contribution in [0.15, 0.2) is 116 Å². The normalized spacial score (nSPS) is 10.3. The van der Waals surface area contributed by atoms with Crippen molar-refractivity contribution in [2.75, 3.05) is 0 Å². The summed E-state index contributed by atoms with van der Waals surface area (Å²) >= 11 is 0. The van der Waals surface area contributed by atoms with Gasteiger partial charge in [-0.25, -0.2) is 0 Å². The van der Waals surface area contributed by atoms with Gasteiger partial charge in [0.25, 0.3) is 0 Å². The second kappa shape index (κ2) is 14.1. The molecule has 3 heteroatoms. The van der Waals surface area contributed by atoms with Gasteiger partial charge in [0.2, 0.25) is 0 Å². The van der Waals surface area contributed by atoms with E-state index in [1.165, 1.54) is 44.5 Å². The smallest absolute Gasteiger partial charge is 0.0239 e. The van der Waals surface area contributed by atoms with Crippen LogP contribution < -0.4 is 0 Å². The predicted octanol–water partition coefficient (Wildman–Crippen LogP) is 9.97. The first-order valence-corrected chi connectivity index (χ1v) is 13.9. The van der Waals surface area contributed by atoms with Crippen LogP contribution in [0.4, 0.5) is 0 Å². The maximum absolute atomic E-state index is 4.63. The van der Waals surface area contributed by atoms with E-state index >= 15 is 0 Å². The first-order chi connectivity index (χ1) is 19.9. The molecule has 6 rings (SSSR count). The SMILES string of the molecule is Cc1c[c-]c(-c2cc(C)c(C)cn2)cc1.Cc1cccc(C)c1-c1c[c-]c(-c2ccc(-c3ccccc3)cn2)cc1.[Ir]. The Hall–Kier alpha value is -4.17. The molecular weight excluding hydrogens is 689 g/mol. The fraction of sp³-hybridized carbons (Fsp3) is 0.128. The molecule has 2 nitrogen and oxygen atoms in total. The van der Waals surface area contributed by atoms with Crippen LogP contribution in [0.5, 0.6) is 0 Å². The number of nitrogens with zero attached hydrogens (tertiary/aromatic N) is 2. The molecule has 0 aliphatic rings. The number of aromatic nitrogens is 2. The fourth-order valence-corrected chi connectivity index (χ4v) is 4.80. The molecular formula is C39H34IrN2-2. The molecule has 0 aliphatic heterocycles. The van der Waals surface area contributed by atoms with Gasteiger partial charge in [-0.15, -0.1) is 65.2 Å². The molecule has 0 saturated heterocycles. The Morgan fingerprint density at radius 2 is 1.12 bits per heavy atom. The Morgan fingerprint density at radius 3 is 1.71 bits per heavy atom. The topological polar surface area (TPSA) is 25.8 Å². The maximum Gasteiger partial charge on any atom is 0.0239 e. The molecule has 2 aromatic heterocycles. The van der Waals surface area contributed by atoms with E-state index in [-0.39, 0.29) is 20.1 Å². The van der Waals surface area contributed by atoms with E-state index in [4.69, 9.17) is 0 Å². The average molecular weight is 723 g/mol. The summed E-state index contributed by atoms with van der Waals surface area (Å²) in [5.41, 5.74) is 15.1. The van der Waals surface area contributed by atoms with E-state index in [2.05, 4.69) is 136 Å². The molecule has 4 aromatic carbocycles. The van der Waals surface area contributed by atoms with Gasteiger partial charge < -0.3 is 9.97 Å². The minimum absolute atomic E-state index is 0. The molecule has 0 N–H and O–H groups in total. The van der Waals surface area contributed by atoms with Crippen LogP contribution in [-0.4, -0.2) is 9.97 Å². The number of aryl methyl sites for hydroxylation is 5. The van der Waals surface area contributed by atoms with E-state index in [0.717, 1.165) is 28.1 Å². The molecule has 42 heavy (non-hydrogen) atoms. The molecule has 0 fully saturated rings. The monoisotopic (exact) mass is 723 g/mol. The van der Waals surface area contributed by atoms with E-state index < -0.39 is 0 Å². The quantitative estimate of drug-likeness (QED) is 0.169. The third kappa shape index (κ3) is 7.36. The van der Waals surface area contributed by atoms with Gasteiger partial charge in [-0.05, 0) is 55.8 Å². The first kappa shape index (κ1) is 30.8. The van der Waals surface area contributed by atoms with Gasteiger partial charge >= 0.3 is 0 Å². The Labute approximate surface area is 263 Å². The number of hydrogen-bond acceptors (Lipinski definition) is 2. The van der Waals surface area contributed by atoms with Crippen LogP contribution in [0.25, 0.3) is 44.8 Å². The summed E-state index contributed by atoms with van der Waals surface area (Å²) in [5.74, 6) is 0. The average Bonchev–Trinajstić information content (AvgIpc) is 3.00. The molecule has 0 aliphatic carbocycles. The third-order valence-corrected chi connectivity index (χ3v) is 7.35. The summed E-state index contributed by atoms with van der Waals surface area (Å²) in [7, 11) is 0. The Morgan fingerprint density at radius 1 is 0.476 bits per heavy atom. The van der Waals surface area contributed by atoms with Crippen LogP contribution in [-0.2, 0) is 20.1 Å². The maximum atomic E-state index is 4.63. The van der Waals surface area contributed by atoms with Crippen LogP contribution in [0, 0.1) is 46.8 Å². The third-order valence-electron chi connectivity index (χ3n) is 7.35. The Balaban J connectivity index is 0.000000216. The standard InChI is InChI=1S/C25H20N.C14H14N.Ir/c1-18-7-6-8-19(2)25(18)22-13-11-21(12-14-22)24-16-15-23(17-26-24)20-9-4-3-5-10-20;1-10-4-6-13(7-5-10)14-8-11(2)12(3)9-15-14;/h3-11,13-17H,1-2H3;4-6,8-9H,1-3H3;/q2*-1;. The minimum Gasteiger partial charge on any atom is -0.304 e. The van der Waals surface area contributed by atoms with Crippen molar-refractivity contribution < 1.29 is 20.1 Å². The van der Waals surface area contributed by atoms with Crippen molar-refractivity contribution in [2.24, 2.45) is 0 Å². The number of benzene rings is 4. The van der Waals surface area contributed by atoms with Gasteiger partial charge in [0.1, 0.15) is 0 Å². The summed E-state index contributed by atoms with van der Waals surface area (Å²) in [4.78, 5) is 9.04. The molecule has 1 radical (unpaired) electrons. The first-order valence-electron chi connectivity index (χ1n) is 13.9. The van der Waals surface area contributed by atoms with Gasteiger partial charge in [-0.1, -0.05) is 101 Å². The molecule has 0 spiro atoms. The summed E-state index contributed by atoms with van der Waals surface area (Å²) < 4.78 is 0. The zero-order valence-corrected chi connectivity index (χ0v) is 27.1. The molecule has 0 atom stereocenters. The van der Waals surface area contributed by atoms with Crippen LogP contribution in [0.2, 0.25) is 0 Å². The largest absolute Gasteiger partial charge is 0.304 e. The second-order valence-corrected chi connectivity index (χ2v) is 10.5. The van der Waals surface area contributed by atoms with Crippen molar-refractivity contribution in [1.29, 1.82) is 0 Å². The molecule has 211 valence electrons. The summed E-state index contributed by atoms with van der Waals surface area (Å²) in [6.07, 6.45) is 3.84. The van der Waals surface area contributed by atoms with Crippen molar-refractivity contribution in [2.45, 2.75) is 34.6 Å². The van der Waals surface area contributed by atoms with E-state index in [1.807, 2.05) is 36.7 Å². The zero-order chi connectivity index (χ0) is 28.8. The van der Waals surface area contributed by atoms with Gasteiger partial charge in [0.05, 0.1) is 0 Å². The van der Waals surface area contributed by atoms with Crippen molar-refractivity contribution >= 4 is 0 Å². The molecule has 0 unspecified atom stereocenters. The minimum atomic E-state index is 0. The Kier molecular flexibility index (Phi) is 10.4. The number of hydrogen-bond donors (Lipinski definition) is 0. The van der Waals surface area contributed by atoms with Gasteiger partial charge in [-0.3, -0.25) is 0 Å². The number of rotatable bonds is 4. The summed E-state index contributed by atoms with van der Waals surface area (Å²) in [6, 6.07) is 42.1. The van der Waals surface area contributed by atoms with Crippen molar-refractivity contribution in [1.82, 2.24) is 9.97 Å². The van der Waals surface area contributed by atoms with Crippen LogP contribution >= 0.6 is 0 Å². The molecule has 6 aromatic rings. The van der Waals surface area contributed by atoms with Gasteiger partial charge in [0.15, 0.2) is 0 Å². The van der Waals surface area contributed by atoms with E-state index in [0.29, 0.717) is 0 Å². The van der Waals surface area contributed by atoms with Crippen LogP contribution in [0.3, 0.4) is 0 Å². The van der Waals surface area contributed by atoms with Gasteiger partial charge in [0, 0.05) is 32.5 Å². The van der Waals surface area contributed by atoms with E-state index in [1.54, 1.807) is 0 Å². The van der Waals surface area contributed by atoms with Crippen molar-refractivity contribution in [3.8, 4) is 44.8 Å². The van der Waals surface area contributed by atoms with Crippen LogP contribution in [0.1, 0.15) is 27.8 Å². The molecule has 0 bridgehead atoms. The van der Waals surface area contributed by atoms with Gasteiger partial charge in [-0.2, -0.15) is 0 Å². The number of pyridine rings is 2. The van der Waals surface area contributed by atoms with Crippen molar-refractivity contribution in [3.63, 3.8) is 0 Å². The summed E-state index contributed by atoms with van der Waals surface area (Å²) in [6.45, 7) is 10.5.